The third-order valence-electron chi connectivity index (χ3n) is 3.82. The standard InChI is InChI=1S/C17H18N4O/c1-4-15-14(10-22)16(12-6-11(3)7-18-8-12)13-9-19-21(5-2)17(13)20-15/h6-10H,4-5H2,1-3H3. The topological polar surface area (TPSA) is 60.7 Å². The highest BCUT2D eigenvalue weighted by Crippen LogP contribution is 2.32. The van der Waals surface area contributed by atoms with Crippen LogP contribution in [0.15, 0.2) is 24.7 Å². The summed E-state index contributed by atoms with van der Waals surface area (Å²) >= 11 is 0. The Hall–Kier alpha value is -2.56. The maximum absolute atomic E-state index is 11.7. The fourth-order valence-corrected chi connectivity index (χ4v) is 2.78. The average molecular weight is 294 g/mol. The quantitative estimate of drug-likeness (QED) is 0.693. The van der Waals surface area contributed by atoms with E-state index < -0.39 is 0 Å². The van der Waals surface area contributed by atoms with Crippen LogP contribution < -0.4 is 0 Å². The second-order valence-electron chi connectivity index (χ2n) is 5.27. The maximum Gasteiger partial charge on any atom is 0.158 e. The van der Waals surface area contributed by atoms with Crippen LogP contribution in [-0.2, 0) is 13.0 Å². The molecule has 0 radical (unpaired) electrons. The molecule has 0 aliphatic carbocycles. The van der Waals surface area contributed by atoms with E-state index in [2.05, 4.69) is 15.1 Å². The Kier molecular flexibility index (Phi) is 3.71. The lowest BCUT2D eigenvalue weighted by Gasteiger charge is -2.11. The summed E-state index contributed by atoms with van der Waals surface area (Å²) in [5.41, 5.74) is 5.13. The molecule has 3 heterocycles. The molecule has 3 aromatic rings. The second kappa shape index (κ2) is 5.67. The van der Waals surface area contributed by atoms with E-state index in [0.29, 0.717) is 12.0 Å². The van der Waals surface area contributed by atoms with Crippen LogP contribution in [0.3, 0.4) is 0 Å². The van der Waals surface area contributed by atoms with Gasteiger partial charge in [0.25, 0.3) is 0 Å². The van der Waals surface area contributed by atoms with Crippen molar-refractivity contribution in [3.05, 3.63) is 41.5 Å². The number of rotatable bonds is 4. The van der Waals surface area contributed by atoms with Crippen LogP contribution in [-0.4, -0.2) is 26.0 Å². The van der Waals surface area contributed by atoms with Gasteiger partial charge in [-0.2, -0.15) is 5.10 Å². The van der Waals surface area contributed by atoms with Crippen LogP contribution in [0, 0.1) is 6.92 Å². The summed E-state index contributed by atoms with van der Waals surface area (Å²) in [5, 5.41) is 5.29. The first-order valence-corrected chi connectivity index (χ1v) is 7.45. The first-order valence-electron chi connectivity index (χ1n) is 7.45. The molecule has 5 nitrogen and oxygen atoms in total. The van der Waals surface area contributed by atoms with E-state index in [0.717, 1.165) is 46.2 Å². The van der Waals surface area contributed by atoms with Crippen LogP contribution >= 0.6 is 0 Å². The van der Waals surface area contributed by atoms with Gasteiger partial charge in [-0.3, -0.25) is 9.78 Å². The first kappa shape index (κ1) is 14.4. The van der Waals surface area contributed by atoms with Gasteiger partial charge in [0, 0.05) is 41.0 Å². The van der Waals surface area contributed by atoms with Crippen LogP contribution in [0.2, 0.25) is 0 Å². The maximum atomic E-state index is 11.7. The molecule has 0 N–H and O–H groups in total. The molecule has 0 aliphatic rings. The summed E-state index contributed by atoms with van der Waals surface area (Å²) in [5.74, 6) is 0. The molecule has 0 spiro atoms. The SMILES string of the molecule is CCc1nc2c(cnn2CC)c(-c2cncc(C)c2)c1C=O. The minimum atomic E-state index is 0.637. The number of carbonyl (C=O) groups excluding carboxylic acids is 1. The molecule has 5 heteroatoms. The Morgan fingerprint density at radius 3 is 2.68 bits per heavy atom. The lowest BCUT2D eigenvalue weighted by Crippen LogP contribution is -2.04. The molecule has 0 unspecified atom stereocenters. The van der Waals surface area contributed by atoms with E-state index in [1.54, 1.807) is 18.6 Å². The monoisotopic (exact) mass is 294 g/mol. The van der Waals surface area contributed by atoms with Crippen molar-refractivity contribution in [1.29, 1.82) is 0 Å². The number of aldehydes is 1. The summed E-state index contributed by atoms with van der Waals surface area (Å²) in [6.07, 6.45) is 6.98. The highest BCUT2D eigenvalue weighted by molar-refractivity contribution is 6.02. The van der Waals surface area contributed by atoms with Crippen LogP contribution in [0.1, 0.15) is 35.5 Å². The van der Waals surface area contributed by atoms with Crippen molar-refractivity contribution in [3.63, 3.8) is 0 Å². The molecule has 3 aromatic heterocycles. The van der Waals surface area contributed by atoms with Crippen molar-refractivity contribution in [2.75, 3.05) is 0 Å². The molecular weight excluding hydrogens is 276 g/mol. The van der Waals surface area contributed by atoms with Crippen molar-refractivity contribution in [3.8, 4) is 11.1 Å². The van der Waals surface area contributed by atoms with Crippen molar-refractivity contribution in [1.82, 2.24) is 19.7 Å². The summed E-state index contributed by atoms with van der Waals surface area (Å²) < 4.78 is 1.86. The molecule has 0 aliphatic heterocycles. The van der Waals surface area contributed by atoms with Crippen LogP contribution in [0.4, 0.5) is 0 Å². The van der Waals surface area contributed by atoms with E-state index in [9.17, 15) is 4.79 Å². The Morgan fingerprint density at radius 2 is 2.05 bits per heavy atom. The molecule has 0 fully saturated rings. The Morgan fingerprint density at radius 1 is 1.23 bits per heavy atom. The predicted octanol–water partition coefficient (Wildman–Crippen LogP) is 3.20. The van der Waals surface area contributed by atoms with E-state index in [4.69, 9.17) is 0 Å². The molecule has 0 bridgehead atoms. The average Bonchev–Trinajstić information content (AvgIpc) is 2.95. The zero-order valence-corrected chi connectivity index (χ0v) is 13.0. The third kappa shape index (κ3) is 2.19. The van der Waals surface area contributed by atoms with Gasteiger partial charge in [-0.15, -0.1) is 0 Å². The fraction of sp³-hybridized carbons (Fsp3) is 0.294. The largest absolute Gasteiger partial charge is 0.298 e. The molecule has 0 saturated heterocycles. The number of nitrogens with zero attached hydrogens (tertiary/aromatic N) is 4. The first-order chi connectivity index (χ1) is 10.7. The zero-order valence-electron chi connectivity index (χ0n) is 13.0. The summed E-state index contributed by atoms with van der Waals surface area (Å²) in [6, 6.07) is 2.04. The summed E-state index contributed by atoms with van der Waals surface area (Å²) in [7, 11) is 0. The van der Waals surface area contributed by atoms with Crippen LogP contribution in [0.25, 0.3) is 22.2 Å². The summed E-state index contributed by atoms with van der Waals surface area (Å²) in [4.78, 5) is 20.6. The minimum absolute atomic E-state index is 0.637. The number of aryl methyl sites for hydroxylation is 3. The molecular formula is C17H18N4O. The number of hydrogen-bond acceptors (Lipinski definition) is 4. The fourth-order valence-electron chi connectivity index (χ4n) is 2.78. The molecule has 0 amide bonds. The van der Waals surface area contributed by atoms with E-state index >= 15 is 0 Å². The van der Waals surface area contributed by atoms with Crippen molar-refractivity contribution >= 4 is 17.3 Å². The van der Waals surface area contributed by atoms with E-state index in [1.165, 1.54) is 0 Å². The van der Waals surface area contributed by atoms with Gasteiger partial charge in [-0.05, 0) is 31.9 Å². The molecule has 22 heavy (non-hydrogen) atoms. The van der Waals surface area contributed by atoms with Crippen molar-refractivity contribution in [2.45, 2.75) is 33.7 Å². The smallest absolute Gasteiger partial charge is 0.158 e. The van der Waals surface area contributed by atoms with Gasteiger partial charge in [-0.25, -0.2) is 9.67 Å². The number of fused-ring (bicyclic) bond motifs is 1. The number of pyridine rings is 2. The van der Waals surface area contributed by atoms with Crippen LogP contribution in [0.5, 0.6) is 0 Å². The highest BCUT2D eigenvalue weighted by Gasteiger charge is 2.18. The number of carbonyl (C=O) groups is 1. The normalized spacial score (nSPS) is 11.0. The van der Waals surface area contributed by atoms with Gasteiger partial charge >= 0.3 is 0 Å². The minimum Gasteiger partial charge on any atom is -0.298 e. The molecule has 0 aromatic carbocycles. The Bertz CT molecular complexity index is 851. The molecule has 0 atom stereocenters. The van der Waals surface area contributed by atoms with E-state index in [-0.39, 0.29) is 0 Å². The Balaban J connectivity index is 2.44. The Labute approximate surface area is 129 Å². The van der Waals surface area contributed by atoms with E-state index in [1.807, 2.05) is 31.5 Å². The second-order valence-corrected chi connectivity index (χ2v) is 5.27. The molecule has 3 rings (SSSR count). The zero-order chi connectivity index (χ0) is 15.7. The van der Waals surface area contributed by atoms with Gasteiger partial charge in [0.2, 0.25) is 0 Å². The van der Waals surface area contributed by atoms with Gasteiger partial charge < -0.3 is 0 Å². The predicted molar refractivity (Wildman–Crippen MR) is 85.9 cm³/mol. The van der Waals surface area contributed by atoms with Gasteiger partial charge in [0.05, 0.1) is 11.9 Å². The highest BCUT2D eigenvalue weighted by atomic mass is 16.1. The lowest BCUT2D eigenvalue weighted by atomic mass is 9.96. The summed E-state index contributed by atoms with van der Waals surface area (Å²) in [6.45, 7) is 6.77. The number of aromatic nitrogens is 4. The molecule has 112 valence electrons. The van der Waals surface area contributed by atoms with Gasteiger partial charge in [-0.1, -0.05) is 6.92 Å². The molecule has 0 saturated carbocycles. The van der Waals surface area contributed by atoms with Gasteiger partial charge in [0.1, 0.15) is 0 Å². The number of hydrogen-bond donors (Lipinski definition) is 0. The van der Waals surface area contributed by atoms with Gasteiger partial charge in [0.15, 0.2) is 11.9 Å². The lowest BCUT2D eigenvalue weighted by molar-refractivity contribution is 0.112. The van der Waals surface area contributed by atoms with Crippen molar-refractivity contribution in [2.24, 2.45) is 0 Å². The van der Waals surface area contributed by atoms with Crippen molar-refractivity contribution < 1.29 is 4.79 Å². The third-order valence-corrected chi connectivity index (χ3v) is 3.82.